The summed E-state index contributed by atoms with van der Waals surface area (Å²) in [4.78, 5) is 23.0. The van der Waals surface area contributed by atoms with E-state index in [2.05, 4.69) is 10.6 Å². The first-order chi connectivity index (χ1) is 9.02. The maximum atomic E-state index is 11.5. The average molecular weight is 266 g/mol. The molecule has 1 rings (SSSR count). The summed E-state index contributed by atoms with van der Waals surface area (Å²) in [7, 11) is 1.44. The lowest BCUT2D eigenvalue weighted by molar-refractivity contribution is -0.136. The van der Waals surface area contributed by atoms with Gasteiger partial charge in [-0.15, -0.1) is 0 Å². The van der Waals surface area contributed by atoms with Crippen molar-refractivity contribution in [3.8, 4) is 0 Å². The lowest BCUT2D eigenvalue weighted by Crippen LogP contribution is -2.40. The number of ether oxygens (including phenoxy) is 1. The van der Waals surface area contributed by atoms with E-state index in [1.54, 1.807) is 12.1 Å². The topological polar surface area (TPSA) is 87.7 Å². The van der Waals surface area contributed by atoms with Gasteiger partial charge in [-0.2, -0.15) is 0 Å². The van der Waals surface area contributed by atoms with Gasteiger partial charge in [-0.05, 0) is 19.1 Å². The van der Waals surface area contributed by atoms with Crippen LogP contribution in [0.3, 0.4) is 0 Å². The number of nitrogens with one attached hydrogen (secondary N) is 2. The van der Waals surface area contributed by atoms with E-state index in [1.165, 1.54) is 7.11 Å². The summed E-state index contributed by atoms with van der Waals surface area (Å²) in [5, 5.41) is 14.1. The van der Waals surface area contributed by atoms with E-state index < -0.39 is 17.9 Å². The molecule has 0 heterocycles. The molecular weight excluding hydrogens is 248 g/mol. The number of methoxy groups -OCH3 is 1. The van der Waals surface area contributed by atoms with E-state index in [0.717, 1.165) is 5.56 Å². The molecule has 1 unspecified atom stereocenters. The van der Waals surface area contributed by atoms with E-state index in [-0.39, 0.29) is 13.2 Å². The lowest BCUT2D eigenvalue weighted by Gasteiger charge is -2.10. The quantitative estimate of drug-likeness (QED) is 0.657. The fourth-order valence-electron chi connectivity index (χ4n) is 1.37. The number of aliphatic hydroxyl groups is 1. The van der Waals surface area contributed by atoms with Gasteiger partial charge in [0.2, 0.25) is 0 Å². The Bertz CT molecular complexity index is 431. The van der Waals surface area contributed by atoms with Gasteiger partial charge >= 0.3 is 11.8 Å². The Morgan fingerprint density at radius 1 is 1.26 bits per heavy atom. The van der Waals surface area contributed by atoms with E-state index >= 15 is 0 Å². The van der Waals surface area contributed by atoms with Crippen molar-refractivity contribution >= 4 is 17.5 Å². The van der Waals surface area contributed by atoms with E-state index in [0.29, 0.717) is 5.69 Å². The molecule has 0 aromatic heterocycles. The third-order valence-corrected chi connectivity index (χ3v) is 2.37. The number of benzene rings is 1. The van der Waals surface area contributed by atoms with Gasteiger partial charge in [0.15, 0.2) is 0 Å². The molecule has 3 N–H and O–H groups in total. The molecule has 0 fully saturated rings. The summed E-state index contributed by atoms with van der Waals surface area (Å²) >= 11 is 0. The molecule has 1 aromatic carbocycles. The number of aliphatic hydroxyl groups excluding tert-OH is 1. The number of hydrogen-bond acceptors (Lipinski definition) is 4. The van der Waals surface area contributed by atoms with Crippen LogP contribution in [-0.4, -0.2) is 43.3 Å². The molecule has 6 nitrogen and oxygen atoms in total. The Balaban J connectivity index is 2.40. The number of aryl methyl sites for hydroxylation is 1. The second kappa shape index (κ2) is 7.50. The lowest BCUT2D eigenvalue weighted by atomic mass is 10.2. The summed E-state index contributed by atoms with van der Waals surface area (Å²) < 4.78 is 4.70. The Labute approximate surface area is 111 Å². The Kier molecular flexibility index (Phi) is 5.98. The Morgan fingerprint density at radius 3 is 2.47 bits per heavy atom. The van der Waals surface area contributed by atoms with Crippen molar-refractivity contribution in [2.45, 2.75) is 13.0 Å². The summed E-state index contributed by atoms with van der Waals surface area (Å²) in [6.45, 7) is 1.99. The van der Waals surface area contributed by atoms with Crippen LogP contribution in [0.4, 0.5) is 5.69 Å². The fraction of sp³-hybridized carbons (Fsp3) is 0.385. The minimum Gasteiger partial charge on any atom is -0.389 e. The molecule has 0 saturated carbocycles. The number of carbonyl (C=O) groups is 2. The van der Waals surface area contributed by atoms with Crippen LogP contribution < -0.4 is 10.6 Å². The highest BCUT2D eigenvalue weighted by atomic mass is 16.5. The van der Waals surface area contributed by atoms with Crippen LogP contribution in [0, 0.1) is 6.92 Å². The number of carbonyl (C=O) groups excluding carboxylic acids is 2. The maximum absolute atomic E-state index is 11.5. The molecular formula is C13H18N2O4. The van der Waals surface area contributed by atoms with Crippen molar-refractivity contribution < 1.29 is 19.4 Å². The summed E-state index contributed by atoms with van der Waals surface area (Å²) in [6, 6.07) is 7.08. The van der Waals surface area contributed by atoms with Crippen LogP contribution in [-0.2, 0) is 14.3 Å². The number of amides is 2. The molecule has 0 radical (unpaired) electrons. The summed E-state index contributed by atoms with van der Waals surface area (Å²) in [5.74, 6) is -1.57. The second-order valence-electron chi connectivity index (χ2n) is 4.14. The van der Waals surface area contributed by atoms with Crippen molar-refractivity contribution in [1.82, 2.24) is 5.32 Å². The molecule has 2 amide bonds. The Hall–Kier alpha value is -1.92. The minimum absolute atomic E-state index is 0.0337. The third kappa shape index (κ3) is 5.50. The summed E-state index contributed by atoms with van der Waals surface area (Å²) in [5.41, 5.74) is 1.60. The largest absolute Gasteiger partial charge is 0.389 e. The van der Waals surface area contributed by atoms with Gasteiger partial charge in [0.25, 0.3) is 0 Å². The predicted molar refractivity (Wildman–Crippen MR) is 70.7 cm³/mol. The van der Waals surface area contributed by atoms with Crippen LogP contribution in [0.25, 0.3) is 0 Å². The minimum atomic E-state index is -0.832. The second-order valence-corrected chi connectivity index (χ2v) is 4.14. The smallest absolute Gasteiger partial charge is 0.313 e. The molecule has 0 aliphatic heterocycles. The van der Waals surface area contributed by atoms with Gasteiger partial charge in [-0.3, -0.25) is 9.59 Å². The van der Waals surface area contributed by atoms with Gasteiger partial charge in [-0.1, -0.05) is 17.7 Å². The molecule has 0 spiro atoms. The van der Waals surface area contributed by atoms with E-state index in [4.69, 9.17) is 4.74 Å². The molecule has 6 heteroatoms. The number of anilines is 1. The van der Waals surface area contributed by atoms with Crippen molar-refractivity contribution in [3.05, 3.63) is 29.8 Å². The molecule has 0 aliphatic carbocycles. The first-order valence-corrected chi connectivity index (χ1v) is 5.85. The van der Waals surface area contributed by atoms with Crippen molar-refractivity contribution in [2.75, 3.05) is 25.6 Å². The molecule has 1 aromatic rings. The van der Waals surface area contributed by atoms with Gasteiger partial charge < -0.3 is 20.5 Å². The van der Waals surface area contributed by atoms with Crippen LogP contribution in [0.15, 0.2) is 24.3 Å². The van der Waals surface area contributed by atoms with Gasteiger partial charge in [0, 0.05) is 19.3 Å². The van der Waals surface area contributed by atoms with E-state index in [9.17, 15) is 14.7 Å². The van der Waals surface area contributed by atoms with E-state index in [1.807, 2.05) is 19.1 Å². The van der Waals surface area contributed by atoms with Gasteiger partial charge in [0.1, 0.15) is 0 Å². The molecule has 0 saturated heterocycles. The molecule has 0 aliphatic rings. The predicted octanol–water partition coefficient (Wildman–Crippen LogP) is 0.0570. The standard InChI is InChI=1S/C13H18N2O4/c1-9-3-5-10(6-4-9)15-13(18)12(17)14-7-11(16)8-19-2/h3-6,11,16H,7-8H2,1-2H3,(H,14,17)(H,15,18). The first-order valence-electron chi connectivity index (χ1n) is 5.85. The molecule has 1 atom stereocenters. The van der Waals surface area contributed by atoms with Crippen LogP contribution >= 0.6 is 0 Å². The molecule has 19 heavy (non-hydrogen) atoms. The van der Waals surface area contributed by atoms with Crippen molar-refractivity contribution in [2.24, 2.45) is 0 Å². The highest BCUT2D eigenvalue weighted by molar-refractivity contribution is 6.39. The van der Waals surface area contributed by atoms with Crippen LogP contribution in [0.2, 0.25) is 0 Å². The maximum Gasteiger partial charge on any atom is 0.313 e. The zero-order chi connectivity index (χ0) is 14.3. The fourth-order valence-corrected chi connectivity index (χ4v) is 1.37. The monoisotopic (exact) mass is 266 g/mol. The van der Waals surface area contributed by atoms with Gasteiger partial charge in [0.05, 0.1) is 12.7 Å². The van der Waals surface area contributed by atoms with Crippen LogP contribution in [0.1, 0.15) is 5.56 Å². The number of hydrogen-bond donors (Lipinski definition) is 3. The average Bonchev–Trinajstić information content (AvgIpc) is 2.39. The zero-order valence-electron chi connectivity index (χ0n) is 11.0. The third-order valence-electron chi connectivity index (χ3n) is 2.37. The SMILES string of the molecule is COCC(O)CNC(=O)C(=O)Nc1ccc(C)cc1. The zero-order valence-corrected chi connectivity index (χ0v) is 11.0. The summed E-state index contributed by atoms with van der Waals surface area (Å²) in [6.07, 6.45) is -0.832. The normalized spacial score (nSPS) is 11.7. The highest BCUT2D eigenvalue weighted by Gasteiger charge is 2.14. The first kappa shape index (κ1) is 15.1. The van der Waals surface area contributed by atoms with Crippen molar-refractivity contribution in [3.63, 3.8) is 0 Å². The van der Waals surface area contributed by atoms with Crippen molar-refractivity contribution in [1.29, 1.82) is 0 Å². The molecule has 0 bridgehead atoms. The molecule has 104 valence electrons. The van der Waals surface area contributed by atoms with Crippen LogP contribution in [0.5, 0.6) is 0 Å². The number of rotatable bonds is 5. The van der Waals surface area contributed by atoms with Gasteiger partial charge in [-0.25, -0.2) is 0 Å². The highest BCUT2D eigenvalue weighted by Crippen LogP contribution is 2.08. The Morgan fingerprint density at radius 2 is 1.89 bits per heavy atom.